The van der Waals surface area contributed by atoms with Gasteiger partial charge in [-0.25, -0.2) is 0 Å². The van der Waals surface area contributed by atoms with Gasteiger partial charge >= 0.3 is 0 Å². The average molecular weight is 233 g/mol. The Kier molecular flexibility index (Phi) is 2.97. The Morgan fingerprint density at radius 3 is 2.76 bits per heavy atom. The van der Waals surface area contributed by atoms with E-state index in [0.717, 1.165) is 39.1 Å². The smallest absolute Gasteiger partial charge is 0.271 e. The molecule has 2 atom stereocenters. The Morgan fingerprint density at radius 1 is 1.35 bits per heavy atom. The van der Waals surface area contributed by atoms with Crippen molar-refractivity contribution in [2.75, 3.05) is 32.7 Å². The van der Waals surface area contributed by atoms with E-state index in [4.69, 9.17) is 0 Å². The highest BCUT2D eigenvalue weighted by atomic mass is 16.2. The van der Waals surface area contributed by atoms with Crippen LogP contribution in [0.25, 0.3) is 0 Å². The normalized spacial score (nSPS) is 32.2. The molecule has 92 valence electrons. The van der Waals surface area contributed by atoms with Gasteiger partial charge in [-0.15, -0.1) is 0 Å². The summed E-state index contributed by atoms with van der Waals surface area (Å²) < 4.78 is 0. The van der Waals surface area contributed by atoms with E-state index < -0.39 is 0 Å². The molecule has 0 aromatic carbocycles. The van der Waals surface area contributed by atoms with Crippen LogP contribution >= 0.6 is 0 Å². The van der Waals surface area contributed by atoms with E-state index in [1.165, 1.54) is 6.42 Å². The first-order valence-electron chi connectivity index (χ1n) is 6.54. The van der Waals surface area contributed by atoms with Crippen LogP contribution < -0.4 is 5.32 Å². The van der Waals surface area contributed by atoms with Crippen LogP contribution in [0.2, 0.25) is 0 Å². The Labute approximate surface area is 102 Å². The maximum absolute atomic E-state index is 12.3. The summed E-state index contributed by atoms with van der Waals surface area (Å²) in [6, 6.07) is 0. The number of likely N-dealkylation sites (tertiary alicyclic amines) is 1. The summed E-state index contributed by atoms with van der Waals surface area (Å²) in [4.78, 5) is 18.6. The molecule has 3 heterocycles. The second-order valence-electron chi connectivity index (χ2n) is 5.29. The number of amides is 1. The molecule has 2 fully saturated rings. The number of nitrogens with zero attached hydrogens (tertiary/aromatic N) is 2. The molecule has 0 aliphatic carbocycles. The van der Waals surface area contributed by atoms with Crippen molar-refractivity contribution in [3.8, 4) is 0 Å². The molecule has 0 aromatic rings. The molecule has 0 aromatic heterocycles. The van der Waals surface area contributed by atoms with Crippen molar-refractivity contribution in [1.82, 2.24) is 10.2 Å². The molecule has 1 N–H and O–H groups in total. The predicted molar refractivity (Wildman–Crippen MR) is 67.1 cm³/mol. The number of carbonyl (C=O) groups is 1. The summed E-state index contributed by atoms with van der Waals surface area (Å²) >= 11 is 0. The molecule has 1 amide bonds. The van der Waals surface area contributed by atoms with Crippen LogP contribution in [-0.4, -0.2) is 49.2 Å². The SMILES string of the molecule is O=C(C1=NCCC=C1)N1CC2CNCC(C2)C1. The zero-order valence-corrected chi connectivity index (χ0v) is 10.1. The molecule has 4 heteroatoms. The standard InChI is InChI=1S/C13H19N3O/c17-13(12-3-1-2-4-15-12)16-8-10-5-11(9-16)7-14-6-10/h1,3,10-11,14H,2,4-9H2. The molecule has 0 spiro atoms. The topological polar surface area (TPSA) is 44.7 Å². The van der Waals surface area contributed by atoms with Gasteiger partial charge in [0.05, 0.1) is 0 Å². The molecule has 2 unspecified atom stereocenters. The van der Waals surface area contributed by atoms with Crippen LogP contribution in [0.15, 0.2) is 17.1 Å². The Morgan fingerprint density at radius 2 is 2.12 bits per heavy atom. The fourth-order valence-corrected chi connectivity index (χ4v) is 3.08. The molecule has 3 aliphatic heterocycles. The lowest BCUT2D eigenvalue weighted by molar-refractivity contribution is -0.127. The van der Waals surface area contributed by atoms with Crippen molar-refractivity contribution >= 4 is 11.6 Å². The molecule has 3 rings (SSSR count). The predicted octanol–water partition coefficient (Wildman–Crippen LogP) is 0.455. The van der Waals surface area contributed by atoms with Gasteiger partial charge in [0, 0.05) is 19.6 Å². The fourth-order valence-electron chi connectivity index (χ4n) is 3.08. The second kappa shape index (κ2) is 4.61. The number of dihydropyridines is 1. The molecule has 2 bridgehead atoms. The summed E-state index contributed by atoms with van der Waals surface area (Å²) in [5.41, 5.74) is 0.657. The van der Waals surface area contributed by atoms with E-state index >= 15 is 0 Å². The number of piperidine rings is 2. The van der Waals surface area contributed by atoms with Crippen molar-refractivity contribution in [3.63, 3.8) is 0 Å². The monoisotopic (exact) mass is 233 g/mol. The molecular weight excluding hydrogens is 214 g/mol. The molecule has 4 nitrogen and oxygen atoms in total. The number of carbonyl (C=O) groups excluding carboxylic acids is 1. The van der Waals surface area contributed by atoms with E-state index in [1.807, 2.05) is 17.1 Å². The van der Waals surface area contributed by atoms with Crippen LogP contribution in [0.4, 0.5) is 0 Å². The van der Waals surface area contributed by atoms with Gasteiger partial charge < -0.3 is 10.2 Å². The number of hydrogen-bond acceptors (Lipinski definition) is 3. The van der Waals surface area contributed by atoms with Crippen molar-refractivity contribution in [2.24, 2.45) is 16.8 Å². The van der Waals surface area contributed by atoms with E-state index in [2.05, 4.69) is 10.3 Å². The van der Waals surface area contributed by atoms with Gasteiger partial charge in [0.15, 0.2) is 0 Å². The van der Waals surface area contributed by atoms with Crippen LogP contribution in [0.1, 0.15) is 12.8 Å². The summed E-state index contributed by atoms with van der Waals surface area (Å²) in [7, 11) is 0. The quantitative estimate of drug-likeness (QED) is 0.715. The highest BCUT2D eigenvalue weighted by Crippen LogP contribution is 2.24. The lowest BCUT2D eigenvalue weighted by Crippen LogP contribution is -2.54. The van der Waals surface area contributed by atoms with E-state index in [-0.39, 0.29) is 5.91 Å². The first-order valence-corrected chi connectivity index (χ1v) is 6.54. The summed E-state index contributed by atoms with van der Waals surface area (Å²) in [6.45, 7) is 4.68. The Balaban J connectivity index is 1.70. The van der Waals surface area contributed by atoms with Crippen molar-refractivity contribution in [2.45, 2.75) is 12.8 Å². The van der Waals surface area contributed by atoms with Gasteiger partial charge in [0.2, 0.25) is 0 Å². The van der Waals surface area contributed by atoms with Crippen LogP contribution in [0.5, 0.6) is 0 Å². The number of fused-ring (bicyclic) bond motifs is 2. The average Bonchev–Trinajstić information content (AvgIpc) is 2.38. The largest absolute Gasteiger partial charge is 0.337 e. The highest BCUT2D eigenvalue weighted by Gasteiger charge is 2.33. The lowest BCUT2D eigenvalue weighted by atomic mass is 9.85. The number of aliphatic imine (C=N–C) groups is 1. The van der Waals surface area contributed by atoms with Crippen LogP contribution in [0.3, 0.4) is 0 Å². The lowest BCUT2D eigenvalue weighted by Gasteiger charge is -2.41. The third-order valence-corrected chi connectivity index (χ3v) is 3.85. The first kappa shape index (κ1) is 11.0. The third kappa shape index (κ3) is 2.27. The van der Waals surface area contributed by atoms with E-state index in [9.17, 15) is 4.79 Å². The van der Waals surface area contributed by atoms with Crippen molar-refractivity contribution < 1.29 is 4.79 Å². The number of hydrogen-bond donors (Lipinski definition) is 1. The molecule has 2 saturated heterocycles. The zero-order valence-electron chi connectivity index (χ0n) is 10.1. The molecule has 0 saturated carbocycles. The van der Waals surface area contributed by atoms with Crippen LogP contribution in [-0.2, 0) is 4.79 Å². The minimum absolute atomic E-state index is 0.137. The van der Waals surface area contributed by atoms with E-state index in [0.29, 0.717) is 17.5 Å². The van der Waals surface area contributed by atoms with Crippen molar-refractivity contribution in [1.29, 1.82) is 0 Å². The summed E-state index contributed by atoms with van der Waals surface area (Å²) in [5.74, 6) is 1.41. The Bertz CT molecular complexity index is 363. The molecule has 3 aliphatic rings. The summed E-state index contributed by atoms with van der Waals surface area (Å²) in [5, 5.41) is 3.44. The van der Waals surface area contributed by atoms with E-state index in [1.54, 1.807) is 0 Å². The minimum Gasteiger partial charge on any atom is -0.337 e. The van der Waals surface area contributed by atoms with Gasteiger partial charge in [-0.1, -0.05) is 6.08 Å². The van der Waals surface area contributed by atoms with Gasteiger partial charge in [-0.05, 0) is 43.8 Å². The fraction of sp³-hybridized carbons (Fsp3) is 0.692. The number of nitrogens with one attached hydrogen (secondary N) is 1. The van der Waals surface area contributed by atoms with Gasteiger partial charge in [0.1, 0.15) is 5.71 Å². The maximum Gasteiger partial charge on any atom is 0.271 e. The summed E-state index contributed by atoms with van der Waals surface area (Å²) in [6.07, 6.45) is 6.17. The van der Waals surface area contributed by atoms with Crippen molar-refractivity contribution in [3.05, 3.63) is 12.2 Å². The van der Waals surface area contributed by atoms with Crippen LogP contribution in [0, 0.1) is 11.8 Å². The van der Waals surface area contributed by atoms with Gasteiger partial charge in [0.25, 0.3) is 5.91 Å². The number of rotatable bonds is 1. The zero-order chi connectivity index (χ0) is 11.7. The molecule has 17 heavy (non-hydrogen) atoms. The second-order valence-corrected chi connectivity index (χ2v) is 5.29. The molecular formula is C13H19N3O. The first-order chi connectivity index (χ1) is 8.33. The highest BCUT2D eigenvalue weighted by molar-refractivity contribution is 6.43. The molecule has 0 radical (unpaired) electrons. The minimum atomic E-state index is 0.137. The Hall–Kier alpha value is -1.16. The van der Waals surface area contributed by atoms with Gasteiger partial charge in [-0.3, -0.25) is 9.79 Å². The van der Waals surface area contributed by atoms with Gasteiger partial charge in [-0.2, -0.15) is 0 Å². The maximum atomic E-state index is 12.3. The third-order valence-electron chi connectivity index (χ3n) is 3.85.